The highest BCUT2D eigenvalue weighted by Crippen LogP contribution is 2.44. The van der Waals surface area contributed by atoms with Gasteiger partial charge in [-0.15, -0.1) is 0 Å². The van der Waals surface area contributed by atoms with Crippen molar-refractivity contribution in [3.63, 3.8) is 0 Å². The molecule has 0 saturated heterocycles. The van der Waals surface area contributed by atoms with Gasteiger partial charge in [-0.2, -0.15) is 13.2 Å². The van der Waals surface area contributed by atoms with Gasteiger partial charge in [-0.3, -0.25) is 4.79 Å². The minimum atomic E-state index is -4.52. The maximum Gasteiger partial charge on any atom is 0.422 e. The molecule has 3 rings (SSSR count). The van der Waals surface area contributed by atoms with Crippen molar-refractivity contribution in [2.24, 2.45) is 5.92 Å². The lowest BCUT2D eigenvalue weighted by molar-refractivity contribution is -0.153. The number of carboxylic acid groups (broad SMARTS) is 1. The van der Waals surface area contributed by atoms with Crippen LogP contribution in [0.2, 0.25) is 5.02 Å². The average Bonchev–Trinajstić information content (AvgIpc) is 3.20. The molecule has 31 heavy (non-hydrogen) atoms. The first kappa shape index (κ1) is 23.5. The lowest BCUT2D eigenvalue weighted by Crippen LogP contribution is -2.21. The van der Waals surface area contributed by atoms with Crippen molar-refractivity contribution < 1.29 is 27.8 Å². The van der Waals surface area contributed by atoms with Gasteiger partial charge in [-0.25, -0.2) is 0 Å². The quantitative estimate of drug-likeness (QED) is 0.473. The summed E-state index contributed by atoms with van der Waals surface area (Å²) in [4.78, 5) is 12.1. The van der Waals surface area contributed by atoms with Crippen LogP contribution in [0.25, 0.3) is 11.1 Å². The van der Waals surface area contributed by atoms with Gasteiger partial charge >= 0.3 is 12.1 Å². The van der Waals surface area contributed by atoms with Gasteiger partial charge in [0, 0.05) is 5.56 Å². The lowest BCUT2D eigenvalue weighted by atomic mass is 9.83. The summed E-state index contributed by atoms with van der Waals surface area (Å²) in [5.41, 5.74) is 2.57. The summed E-state index contributed by atoms with van der Waals surface area (Å²) < 4.78 is 43.5. The van der Waals surface area contributed by atoms with Crippen molar-refractivity contribution in [3.8, 4) is 16.9 Å². The van der Waals surface area contributed by atoms with Crippen LogP contribution in [0.4, 0.5) is 13.2 Å². The van der Waals surface area contributed by atoms with Crippen molar-refractivity contribution >= 4 is 17.6 Å². The number of carboxylic acids is 1. The van der Waals surface area contributed by atoms with Crippen LogP contribution in [0.1, 0.15) is 62.5 Å². The molecule has 0 radical (unpaired) electrons. The molecule has 1 saturated carbocycles. The van der Waals surface area contributed by atoms with E-state index in [4.69, 9.17) is 16.3 Å². The zero-order valence-corrected chi connectivity index (χ0v) is 18.3. The Bertz CT molecular complexity index is 917. The molecule has 168 valence electrons. The first-order valence-corrected chi connectivity index (χ1v) is 10.8. The monoisotopic (exact) mass is 454 g/mol. The second-order valence-electron chi connectivity index (χ2n) is 8.42. The van der Waals surface area contributed by atoms with E-state index in [-0.39, 0.29) is 16.7 Å². The number of carbonyl (C=O) groups is 1. The summed E-state index contributed by atoms with van der Waals surface area (Å²) in [7, 11) is 0. The highest BCUT2D eigenvalue weighted by Gasteiger charge is 2.34. The van der Waals surface area contributed by atoms with E-state index in [0.29, 0.717) is 22.6 Å². The molecule has 0 aliphatic heterocycles. The van der Waals surface area contributed by atoms with Crippen LogP contribution in [0.15, 0.2) is 36.4 Å². The SMILES string of the molecule is CC(C)c1ccc(-c2cc([C@H](C(=O)O)C3CCCC3)cc(Cl)c2OCC(F)(F)F)cc1. The van der Waals surface area contributed by atoms with E-state index < -0.39 is 24.7 Å². The lowest BCUT2D eigenvalue weighted by Gasteiger charge is -2.23. The molecule has 0 amide bonds. The average molecular weight is 455 g/mol. The van der Waals surface area contributed by atoms with Gasteiger partial charge in [0.1, 0.15) is 5.75 Å². The molecule has 0 aromatic heterocycles. The molecular formula is C24H26ClF3O3. The minimum absolute atomic E-state index is 0.0195. The molecule has 7 heteroatoms. The molecule has 1 N–H and O–H groups in total. The number of benzene rings is 2. The zero-order valence-electron chi connectivity index (χ0n) is 17.5. The van der Waals surface area contributed by atoms with E-state index in [2.05, 4.69) is 0 Å². The van der Waals surface area contributed by atoms with Crippen LogP contribution in [0, 0.1) is 5.92 Å². The third-order valence-electron chi connectivity index (χ3n) is 5.83. The van der Waals surface area contributed by atoms with Crippen LogP contribution in [0.5, 0.6) is 5.75 Å². The summed E-state index contributed by atoms with van der Waals surface area (Å²) in [6, 6.07) is 10.5. The molecule has 2 aromatic carbocycles. The smallest absolute Gasteiger partial charge is 0.422 e. The predicted molar refractivity (Wildman–Crippen MR) is 115 cm³/mol. The summed E-state index contributed by atoms with van der Waals surface area (Å²) in [6.45, 7) is 2.61. The van der Waals surface area contributed by atoms with Gasteiger partial charge in [-0.1, -0.05) is 62.6 Å². The Morgan fingerprint density at radius 3 is 2.26 bits per heavy atom. The van der Waals surface area contributed by atoms with Gasteiger partial charge < -0.3 is 9.84 Å². The number of rotatable bonds is 7. The Hall–Kier alpha value is -2.21. The molecule has 0 bridgehead atoms. The number of ether oxygens (including phenoxy) is 1. The highest BCUT2D eigenvalue weighted by atomic mass is 35.5. The molecule has 1 aliphatic rings. The first-order valence-electron chi connectivity index (χ1n) is 10.4. The second-order valence-corrected chi connectivity index (χ2v) is 8.83. The number of hydrogen-bond donors (Lipinski definition) is 1. The van der Waals surface area contributed by atoms with E-state index in [0.717, 1.165) is 31.2 Å². The largest absolute Gasteiger partial charge is 0.482 e. The van der Waals surface area contributed by atoms with Crippen LogP contribution in [-0.2, 0) is 4.79 Å². The van der Waals surface area contributed by atoms with E-state index in [1.807, 2.05) is 26.0 Å². The maximum atomic E-state index is 12.8. The Kier molecular flexibility index (Phi) is 7.20. The summed E-state index contributed by atoms with van der Waals surface area (Å²) in [5, 5.41) is 9.87. The normalized spacial score (nSPS) is 16.0. The van der Waals surface area contributed by atoms with Gasteiger partial charge in [0.05, 0.1) is 10.9 Å². The van der Waals surface area contributed by atoms with Crippen LogP contribution in [0.3, 0.4) is 0 Å². The van der Waals surface area contributed by atoms with Crippen molar-refractivity contribution in [1.29, 1.82) is 0 Å². The number of aliphatic carboxylic acids is 1. The Balaban J connectivity index is 2.10. The van der Waals surface area contributed by atoms with Crippen LogP contribution < -0.4 is 4.74 Å². The standard InChI is InChI=1S/C24H26ClF3O3/c1-14(2)15-7-9-16(10-8-15)19-11-18(21(23(29)30)17-5-3-4-6-17)12-20(25)22(19)31-13-24(26,27)28/h7-12,14,17,21H,3-6,13H2,1-2H3,(H,29,30)/t21-/m1/s1. The predicted octanol–water partition coefficient (Wildman–Crippen LogP) is 7.43. The summed E-state index contributed by atoms with van der Waals surface area (Å²) >= 11 is 6.37. The van der Waals surface area contributed by atoms with Crippen molar-refractivity contribution in [3.05, 3.63) is 52.5 Å². The van der Waals surface area contributed by atoms with E-state index >= 15 is 0 Å². The fraction of sp³-hybridized carbons (Fsp3) is 0.458. The van der Waals surface area contributed by atoms with Gasteiger partial charge in [0.15, 0.2) is 6.61 Å². The number of hydrogen-bond acceptors (Lipinski definition) is 2. The highest BCUT2D eigenvalue weighted by molar-refractivity contribution is 6.32. The second kappa shape index (κ2) is 9.51. The van der Waals surface area contributed by atoms with Crippen LogP contribution in [-0.4, -0.2) is 23.9 Å². The molecule has 1 atom stereocenters. The van der Waals surface area contributed by atoms with E-state index in [9.17, 15) is 23.1 Å². The molecule has 2 aromatic rings. The third kappa shape index (κ3) is 5.73. The van der Waals surface area contributed by atoms with Crippen molar-refractivity contribution in [2.75, 3.05) is 6.61 Å². The van der Waals surface area contributed by atoms with E-state index in [1.54, 1.807) is 18.2 Å². The first-order chi connectivity index (χ1) is 14.6. The minimum Gasteiger partial charge on any atom is -0.482 e. The topological polar surface area (TPSA) is 46.5 Å². The molecule has 0 heterocycles. The summed E-state index contributed by atoms with van der Waals surface area (Å²) in [5.74, 6) is -1.52. The Morgan fingerprint density at radius 1 is 1.13 bits per heavy atom. The molecule has 0 unspecified atom stereocenters. The Morgan fingerprint density at radius 2 is 1.74 bits per heavy atom. The molecular weight excluding hydrogens is 429 g/mol. The third-order valence-corrected chi connectivity index (χ3v) is 6.11. The van der Waals surface area contributed by atoms with Gasteiger partial charge in [0.25, 0.3) is 0 Å². The van der Waals surface area contributed by atoms with Gasteiger partial charge in [-0.05, 0) is 53.5 Å². The number of alkyl halides is 3. The summed E-state index contributed by atoms with van der Waals surface area (Å²) in [6.07, 6.45) is -0.968. The molecule has 1 fully saturated rings. The van der Waals surface area contributed by atoms with Crippen LogP contribution >= 0.6 is 11.6 Å². The van der Waals surface area contributed by atoms with Crippen molar-refractivity contribution in [2.45, 2.75) is 57.5 Å². The molecule has 3 nitrogen and oxygen atoms in total. The fourth-order valence-electron chi connectivity index (χ4n) is 4.26. The Labute approximate surface area is 185 Å². The van der Waals surface area contributed by atoms with Crippen molar-refractivity contribution in [1.82, 2.24) is 0 Å². The fourth-order valence-corrected chi connectivity index (χ4v) is 4.55. The maximum absolute atomic E-state index is 12.8. The van der Waals surface area contributed by atoms with E-state index in [1.165, 1.54) is 6.07 Å². The number of halogens is 4. The molecule has 0 spiro atoms. The zero-order chi connectivity index (χ0) is 22.8. The van der Waals surface area contributed by atoms with Gasteiger partial charge in [0.2, 0.25) is 0 Å². The molecule has 1 aliphatic carbocycles.